The highest BCUT2D eigenvalue weighted by Crippen LogP contribution is 2.38. The summed E-state index contributed by atoms with van der Waals surface area (Å²) >= 11 is 0. The molecule has 2 aromatic heterocycles. The van der Waals surface area contributed by atoms with E-state index in [1.54, 1.807) is 4.52 Å². The molecule has 0 bridgehead atoms. The minimum atomic E-state index is 0.114. The molecule has 37 heavy (non-hydrogen) atoms. The zero-order valence-corrected chi connectivity index (χ0v) is 22.5. The average molecular weight is 503 g/mol. The number of likely N-dealkylation sites (tertiary alicyclic amines) is 1. The maximum Gasteiger partial charge on any atom is 0.253 e. The van der Waals surface area contributed by atoms with Crippen LogP contribution in [0.3, 0.4) is 0 Å². The van der Waals surface area contributed by atoms with Crippen molar-refractivity contribution in [3.8, 4) is 5.75 Å². The van der Waals surface area contributed by atoms with Gasteiger partial charge in [0, 0.05) is 37.7 Å². The van der Waals surface area contributed by atoms with E-state index in [0.717, 1.165) is 75.4 Å². The fourth-order valence-electron chi connectivity index (χ4n) is 6.42. The van der Waals surface area contributed by atoms with Crippen molar-refractivity contribution in [1.82, 2.24) is 24.5 Å². The van der Waals surface area contributed by atoms with Crippen LogP contribution in [-0.2, 0) is 4.79 Å². The van der Waals surface area contributed by atoms with Gasteiger partial charge in [-0.3, -0.25) is 4.79 Å². The van der Waals surface area contributed by atoms with E-state index in [4.69, 9.17) is 4.74 Å². The first-order valence-electron chi connectivity index (χ1n) is 13.9. The Labute approximate surface area is 219 Å². The molecule has 1 saturated carbocycles. The van der Waals surface area contributed by atoms with Crippen LogP contribution in [0.4, 0.5) is 5.69 Å². The number of amides is 1. The summed E-state index contributed by atoms with van der Waals surface area (Å²) in [5, 5.41) is 4.46. The Hall–Kier alpha value is -3.16. The summed E-state index contributed by atoms with van der Waals surface area (Å²) in [4.78, 5) is 26.1. The quantitative estimate of drug-likeness (QED) is 0.513. The number of carbonyl (C=O) groups excluding carboxylic acids is 1. The molecule has 2 saturated heterocycles. The Morgan fingerprint density at radius 3 is 2.38 bits per heavy atom. The minimum absolute atomic E-state index is 0.114. The fourth-order valence-corrected chi connectivity index (χ4v) is 6.42. The number of hydrogen-bond acceptors (Lipinski definition) is 6. The molecule has 1 amide bonds. The molecule has 8 nitrogen and oxygen atoms in total. The average Bonchev–Trinajstić information content (AvgIpc) is 3.50. The maximum atomic E-state index is 12.7. The zero-order chi connectivity index (χ0) is 25.7. The number of aromatic nitrogens is 4. The van der Waals surface area contributed by atoms with Crippen molar-refractivity contribution >= 4 is 17.4 Å². The second-order valence-corrected chi connectivity index (χ2v) is 11.4. The minimum Gasteiger partial charge on any atom is -0.485 e. The number of hydrogen-bond donors (Lipinski definition) is 0. The third kappa shape index (κ3) is 4.66. The molecule has 0 radical (unpaired) electrons. The van der Waals surface area contributed by atoms with Crippen molar-refractivity contribution in [2.24, 2.45) is 11.8 Å². The largest absolute Gasteiger partial charge is 0.485 e. The molecule has 1 aliphatic carbocycles. The smallest absolute Gasteiger partial charge is 0.253 e. The van der Waals surface area contributed by atoms with E-state index in [2.05, 4.69) is 56.1 Å². The predicted molar refractivity (Wildman–Crippen MR) is 143 cm³/mol. The number of ether oxygens (including phenoxy) is 1. The summed E-state index contributed by atoms with van der Waals surface area (Å²) < 4.78 is 8.24. The Bertz CT molecular complexity index is 1290. The molecule has 0 spiro atoms. The summed E-state index contributed by atoms with van der Waals surface area (Å²) in [5.74, 6) is 4.03. The van der Waals surface area contributed by atoms with Gasteiger partial charge in [0.1, 0.15) is 11.9 Å². The molecule has 3 aliphatic rings. The summed E-state index contributed by atoms with van der Waals surface area (Å²) in [6.07, 6.45) is 5.36. The molecular weight excluding hydrogens is 464 g/mol. The van der Waals surface area contributed by atoms with Crippen LogP contribution < -0.4 is 9.64 Å². The van der Waals surface area contributed by atoms with E-state index in [1.165, 1.54) is 11.3 Å². The highest BCUT2D eigenvalue weighted by Gasteiger charge is 2.34. The first-order chi connectivity index (χ1) is 17.9. The topological polar surface area (TPSA) is 75.9 Å². The van der Waals surface area contributed by atoms with Gasteiger partial charge >= 0.3 is 0 Å². The molecule has 2 aliphatic heterocycles. The van der Waals surface area contributed by atoms with Gasteiger partial charge in [-0.2, -0.15) is 9.50 Å². The van der Waals surface area contributed by atoms with Gasteiger partial charge in [-0.15, -0.1) is 5.10 Å². The van der Waals surface area contributed by atoms with E-state index in [9.17, 15) is 4.79 Å². The molecule has 0 N–H and O–H groups in total. The number of benzene rings is 1. The standard InChI is InChI=1S/C29H38N6O2/c1-18-15-34(16-18)28(36)24-7-5-22(6-8-24)23-9-11-25(12-10-23)33-14-13-26(17-33)37-27-19(2)30-29-31-21(4)32-35(29)20(27)3/h9-12,18,22,24,26H,5-8,13-17H2,1-4H3/t22-,24-,26-/m1/s1. The lowest BCUT2D eigenvalue weighted by atomic mass is 9.77. The molecule has 0 unspecified atom stereocenters. The van der Waals surface area contributed by atoms with Crippen LogP contribution in [0.2, 0.25) is 0 Å². The molecular formula is C29H38N6O2. The highest BCUT2D eigenvalue weighted by atomic mass is 16.5. The van der Waals surface area contributed by atoms with Crippen LogP contribution in [0.1, 0.15) is 67.7 Å². The summed E-state index contributed by atoms with van der Waals surface area (Å²) in [6.45, 7) is 11.8. The van der Waals surface area contributed by atoms with Gasteiger partial charge in [0.05, 0.1) is 17.9 Å². The molecule has 1 aromatic carbocycles. The second-order valence-electron chi connectivity index (χ2n) is 11.4. The van der Waals surface area contributed by atoms with Crippen molar-refractivity contribution in [2.75, 3.05) is 31.1 Å². The van der Waals surface area contributed by atoms with Crippen LogP contribution in [0, 0.1) is 32.6 Å². The molecule has 3 aromatic rings. The molecule has 3 fully saturated rings. The third-order valence-electron chi connectivity index (χ3n) is 8.55. The molecule has 8 heteroatoms. The van der Waals surface area contributed by atoms with Crippen LogP contribution >= 0.6 is 0 Å². The van der Waals surface area contributed by atoms with Gasteiger partial charge in [0.15, 0.2) is 5.75 Å². The first kappa shape index (κ1) is 24.2. The Kier molecular flexibility index (Phi) is 6.29. The van der Waals surface area contributed by atoms with Crippen molar-refractivity contribution in [3.05, 3.63) is 47.0 Å². The van der Waals surface area contributed by atoms with Crippen LogP contribution in [-0.4, -0.2) is 62.7 Å². The van der Waals surface area contributed by atoms with Gasteiger partial charge < -0.3 is 14.5 Å². The fraction of sp³-hybridized carbons (Fsp3) is 0.586. The summed E-state index contributed by atoms with van der Waals surface area (Å²) in [5.41, 5.74) is 4.46. The monoisotopic (exact) mass is 502 g/mol. The normalized spacial score (nSPS) is 24.5. The van der Waals surface area contributed by atoms with E-state index in [1.807, 2.05) is 20.8 Å². The predicted octanol–water partition coefficient (Wildman–Crippen LogP) is 4.46. The van der Waals surface area contributed by atoms with E-state index in [0.29, 0.717) is 29.3 Å². The zero-order valence-electron chi connectivity index (χ0n) is 22.5. The van der Waals surface area contributed by atoms with E-state index >= 15 is 0 Å². The SMILES string of the molecule is Cc1nc2nc(C)c(O[C@@H]3CCN(c4ccc([C@H]5CC[C@H](C(=O)N6CC(C)C6)CC5)cc4)C3)c(C)n2n1. The maximum absolute atomic E-state index is 12.7. The molecule has 4 heterocycles. The lowest BCUT2D eigenvalue weighted by molar-refractivity contribution is -0.142. The van der Waals surface area contributed by atoms with Crippen molar-refractivity contribution < 1.29 is 9.53 Å². The highest BCUT2D eigenvalue weighted by molar-refractivity contribution is 5.79. The van der Waals surface area contributed by atoms with Crippen molar-refractivity contribution in [1.29, 1.82) is 0 Å². The summed E-state index contributed by atoms with van der Waals surface area (Å²) in [6, 6.07) is 9.12. The number of fused-ring (bicyclic) bond motifs is 1. The number of aryl methyl sites for hydroxylation is 3. The van der Waals surface area contributed by atoms with E-state index < -0.39 is 0 Å². The lowest BCUT2D eigenvalue weighted by Crippen LogP contribution is -2.51. The van der Waals surface area contributed by atoms with Crippen LogP contribution in [0.15, 0.2) is 24.3 Å². The first-order valence-corrected chi connectivity index (χ1v) is 13.9. The Morgan fingerprint density at radius 1 is 0.946 bits per heavy atom. The Morgan fingerprint density at radius 2 is 1.68 bits per heavy atom. The van der Waals surface area contributed by atoms with Gasteiger partial charge in [-0.1, -0.05) is 19.1 Å². The Balaban J connectivity index is 1.05. The number of nitrogens with zero attached hydrogens (tertiary/aromatic N) is 6. The van der Waals surface area contributed by atoms with Crippen LogP contribution in [0.5, 0.6) is 5.75 Å². The number of rotatable bonds is 5. The second kappa shape index (κ2) is 9.62. The van der Waals surface area contributed by atoms with Crippen LogP contribution in [0.25, 0.3) is 5.78 Å². The van der Waals surface area contributed by atoms with E-state index in [-0.39, 0.29) is 12.0 Å². The van der Waals surface area contributed by atoms with Gasteiger partial charge in [-0.25, -0.2) is 4.98 Å². The van der Waals surface area contributed by atoms with Gasteiger partial charge in [0.2, 0.25) is 5.91 Å². The molecule has 6 rings (SSSR count). The van der Waals surface area contributed by atoms with Gasteiger partial charge in [-0.05, 0) is 76.0 Å². The third-order valence-corrected chi connectivity index (χ3v) is 8.55. The van der Waals surface area contributed by atoms with Crippen molar-refractivity contribution in [2.45, 2.75) is 71.8 Å². The molecule has 1 atom stereocenters. The van der Waals surface area contributed by atoms with Crippen molar-refractivity contribution in [3.63, 3.8) is 0 Å². The number of carbonyl (C=O) groups is 1. The van der Waals surface area contributed by atoms with Gasteiger partial charge in [0.25, 0.3) is 5.78 Å². The number of anilines is 1. The lowest BCUT2D eigenvalue weighted by Gasteiger charge is -2.40. The summed E-state index contributed by atoms with van der Waals surface area (Å²) in [7, 11) is 0. The molecule has 196 valence electrons.